The van der Waals surface area contributed by atoms with Crippen LogP contribution in [0.4, 0.5) is 0 Å². The molecule has 3 saturated heterocycles. The van der Waals surface area contributed by atoms with Gasteiger partial charge in [-0.25, -0.2) is 4.79 Å². The molecule has 4 saturated carbocycles. The number of hydrogen-bond acceptors (Lipinski definition) is 21. The molecule has 0 radical (unpaired) electrons. The average Bonchev–Trinajstić information content (AvgIpc) is 3.35. The SMILES string of the molecule is CCC(C)C(=O)O[C@H]1CC(C)(C)C[C@H]2C3=CC[C@@H]4[C@@]5(C)CC[C@H](O[C@@H]6O[C@H](C(=O)O)[C@@H](O)[C@H](O[C@@H]7O[C@H](CO)[C@H](O)[C@H](O)[C@H]7O)[C@H]6O[C@@H]6O[C@H](CO)[C@@H](O)[C@H](O)[C@H]6O)C(C)(C)[C@@H]5CC[C@@]4(C)[C@]3(C)[C@@H](O)[C@@H](O)[C@@]12CO. The second kappa shape index (κ2) is 21.1. The quantitative estimate of drug-likeness (QED) is 0.0611. The summed E-state index contributed by atoms with van der Waals surface area (Å²) in [5.74, 6) is -3.10. The number of aliphatic hydroxyl groups excluding tert-OH is 12. The summed E-state index contributed by atoms with van der Waals surface area (Å²) in [6.45, 7) is 16.2. The van der Waals surface area contributed by atoms with Crippen LogP contribution in [0.25, 0.3) is 0 Å². The molecule has 0 aromatic rings. The number of carboxylic acid groups (broad SMARTS) is 1. The van der Waals surface area contributed by atoms with Crippen LogP contribution in [0.15, 0.2) is 11.6 Å². The second-order valence-electron chi connectivity index (χ2n) is 25.5. The van der Waals surface area contributed by atoms with Crippen LogP contribution in [0.1, 0.15) is 114 Å². The lowest BCUT2D eigenvalue weighted by Crippen LogP contribution is -2.74. The highest BCUT2D eigenvalue weighted by Crippen LogP contribution is 2.76. The van der Waals surface area contributed by atoms with Gasteiger partial charge in [0, 0.05) is 5.41 Å². The molecule has 75 heavy (non-hydrogen) atoms. The van der Waals surface area contributed by atoms with Gasteiger partial charge in [-0.3, -0.25) is 4.79 Å². The van der Waals surface area contributed by atoms with Crippen molar-refractivity contribution >= 4 is 11.9 Å². The van der Waals surface area contributed by atoms with E-state index in [1.54, 1.807) is 6.92 Å². The third-order valence-electron chi connectivity index (χ3n) is 20.8. The zero-order chi connectivity index (χ0) is 55.4. The van der Waals surface area contributed by atoms with E-state index >= 15 is 0 Å². The average molecular weight is 1080 g/mol. The van der Waals surface area contributed by atoms with Crippen molar-refractivity contribution in [3.63, 3.8) is 0 Å². The topological polar surface area (TPSA) is 362 Å². The maximum atomic E-state index is 13.5. The minimum absolute atomic E-state index is 0.0760. The van der Waals surface area contributed by atoms with Crippen LogP contribution in [0.2, 0.25) is 0 Å². The molecule has 0 spiro atoms. The van der Waals surface area contributed by atoms with Crippen molar-refractivity contribution in [1.82, 2.24) is 0 Å². The summed E-state index contributed by atoms with van der Waals surface area (Å²) in [4.78, 5) is 26.4. The Morgan fingerprint density at radius 1 is 0.667 bits per heavy atom. The molecule has 1 unspecified atom stereocenters. The molecule has 0 aromatic carbocycles. The number of aliphatic hydroxyl groups is 12. The van der Waals surface area contributed by atoms with Gasteiger partial charge in [0.1, 0.15) is 73.2 Å². The van der Waals surface area contributed by atoms with Gasteiger partial charge in [0.2, 0.25) is 0 Å². The molecule has 27 atom stereocenters. The molecule has 0 amide bonds. The molecule has 8 rings (SSSR count). The minimum Gasteiger partial charge on any atom is -0.479 e. The number of aliphatic carboxylic acids is 1. The van der Waals surface area contributed by atoms with Crippen molar-refractivity contribution in [3.8, 4) is 0 Å². The van der Waals surface area contributed by atoms with E-state index in [0.717, 1.165) is 5.57 Å². The van der Waals surface area contributed by atoms with Gasteiger partial charge in [0.25, 0.3) is 0 Å². The van der Waals surface area contributed by atoms with E-state index in [0.29, 0.717) is 51.4 Å². The maximum absolute atomic E-state index is 13.5. The summed E-state index contributed by atoms with van der Waals surface area (Å²) in [5.41, 5.74) is -3.58. The molecule has 8 aliphatic rings. The summed E-state index contributed by atoms with van der Waals surface area (Å²) in [6.07, 6.45) is -26.2. The van der Waals surface area contributed by atoms with Crippen LogP contribution in [0.5, 0.6) is 0 Å². The van der Waals surface area contributed by atoms with Crippen molar-refractivity contribution < 1.29 is 109 Å². The third-order valence-corrected chi connectivity index (χ3v) is 20.8. The largest absolute Gasteiger partial charge is 0.479 e. The van der Waals surface area contributed by atoms with E-state index in [1.165, 1.54) is 0 Å². The lowest BCUT2D eigenvalue weighted by molar-refractivity contribution is -0.396. The van der Waals surface area contributed by atoms with Crippen molar-refractivity contribution in [2.75, 3.05) is 19.8 Å². The monoisotopic (exact) mass is 1070 g/mol. The summed E-state index contributed by atoms with van der Waals surface area (Å²) in [7, 11) is 0. The van der Waals surface area contributed by atoms with Crippen molar-refractivity contribution in [3.05, 3.63) is 11.6 Å². The molecule has 0 bridgehead atoms. The number of esters is 1. The number of hydrogen-bond donors (Lipinski definition) is 13. The molecule has 430 valence electrons. The van der Waals surface area contributed by atoms with Gasteiger partial charge in [0.15, 0.2) is 25.0 Å². The number of allylic oxidation sites excluding steroid dienone is 1. The Bertz CT molecular complexity index is 2090. The third kappa shape index (κ3) is 9.27. The Hall–Kier alpha value is -2.04. The minimum atomic E-state index is -2.17. The van der Waals surface area contributed by atoms with Crippen molar-refractivity contribution in [2.24, 2.45) is 56.2 Å². The molecule has 3 heterocycles. The Labute approximate surface area is 437 Å². The van der Waals surface area contributed by atoms with Crippen LogP contribution >= 0.6 is 0 Å². The number of carboxylic acids is 1. The zero-order valence-electron chi connectivity index (χ0n) is 44.6. The standard InChI is InChI=1S/C53H86O22/c1-10-22(2)44(68)71-30-18-48(3,4)17-24-23-11-12-28-50(7)15-14-29(49(5,6)27(50)13-16-51(28,8)52(23,9)41(64)42(65)53(24,30)21-56)72-47-40(75-46-36(62)34(60)32(58)26(20-55)70-46)38(37(63)39(74-47)43(66)67)73-45-35(61)33(59)31(57)25(19-54)69-45/h11,22,24-42,45-47,54-65H,10,12-21H2,1-9H3,(H,66,67)/t22?,24-,25+,26+,27-,28+,29-,30-,31-,32+,33-,34-,35+,36+,37-,38-,39-,40+,41-,42+,45-,46-,47+,50-,51+,52-,53+/m0/s1. The summed E-state index contributed by atoms with van der Waals surface area (Å²) < 4.78 is 42.7. The van der Waals surface area contributed by atoms with Crippen LogP contribution in [-0.2, 0) is 42.7 Å². The van der Waals surface area contributed by atoms with Gasteiger partial charge in [-0.15, -0.1) is 0 Å². The van der Waals surface area contributed by atoms with Crippen molar-refractivity contribution in [2.45, 2.75) is 230 Å². The first-order valence-electron chi connectivity index (χ1n) is 27.0. The van der Waals surface area contributed by atoms with E-state index in [2.05, 4.69) is 33.8 Å². The van der Waals surface area contributed by atoms with Crippen LogP contribution in [0, 0.1) is 56.2 Å². The van der Waals surface area contributed by atoms with Gasteiger partial charge in [-0.1, -0.05) is 74.0 Å². The fraction of sp³-hybridized carbons (Fsp3) is 0.925. The molecular formula is C53H86O22. The summed E-state index contributed by atoms with van der Waals surface area (Å²) >= 11 is 0. The van der Waals surface area contributed by atoms with Crippen LogP contribution in [-0.4, -0.2) is 215 Å². The van der Waals surface area contributed by atoms with Gasteiger partial charge in [-0.05, 0) is 90.8 Å². The van der Waals surface area contributed by atoms with Gasteiger partial charge < -0.3 is 99.5 Å². The first-order valence-corrected chi connectivity index (χ1v) is 27.0. The Morgan fingerprint density at radius 2 is 1.24 bits per heavy atom. The van der Waals surface area contributed by atoms with Crippen molar-refractivity contribution in [1.29, 1.82) is 0 Å². The number of carbonyl (C=O) groups is 2. The molecule has 0 aromatic heterocycles. The molecule has 13 N–H and O–H groups in total. The first kappa shape index (κ1) is 59.1. The second-order valence-corrected chi connectivity index (χ2v) is 25.5. The van der Waals surface area contributed by atoms with Crippen LogP contribution < -0.4 is 0 Å². The summed E-state index contributed by atoms with van der Waals surface area (Å²) in [5, 5.41) is 144. The van der Waals surface area contributed by atoms with Gasteiger partial charge in [0.05, 0.1) is 49.5 Å². The zero-order valence-corrected chi connectivity index (χ0v) is 44.6. The Morgan fingerprint density at radius 3 is 1.77 bits per heavy atom. The van der Waals surface area contributed by atoms with Gasteiger partial charge >= 0.3 is 11.9 Å². The smallest absolute Gasteiger partial charge is 0.335 e. The molecule has 5 aliphatic carbocycles. The number of ether oxygens (including phenoxy) is 7. The first-order chi connectivity index (χ1) is 35.0. The van der Waals surface area contributed by atoms with E-state index in [4.69, 9.17) is 33.2 Å². The maximum Gasteiger partial charge on any atom is 0.335 e. The van der Waals surface area contributed by atoms with E-state index in [9.17, 15) is 76.0 Å². The number of rotatable bonds is 13. The predicted molar refractivity (Wildman–Crippen MR) is 258 cm³/mol. The van der Waals surface area contributed by atoms with Crippen LogP contribution in [0.3, 0.4) is 0 Å². The predicted octanol–water partition coefficient (Wildman–Crippen LogP) is -0.784. The highest BCUT2D eigenvalue weighted by atomic mass is 16.8. The molecule has 3 aliphatic heterocycles. The summed E-state index contributed by atoms with van der Waals surface area (Å²) in [6, 6.07) is 0. The lowest BCUT2D eigenvalue weighted by Gasteiger charge is -2.73. The molecule has 22 nitrogen and oxygen atoms in total. The fourth-order valence-electron chi connectivity index (χ4n) is 16.0. The van der Waals surface area contributed by atoms with E-state index in [1.807, 2.05) is 27.7 Å². The Kier molecular flexibility index (Phi) is 16.6. The number of fused-ring (bicyclic) bond motifs is 7. The highest BCUT2D eigenvalue weighted by molar-refractivity contribution is 5.73. The number of carbonyl (C=O) groups excluding carboxylic acids is 1. The highest BCUT2D eigenvalue weighted by Gasteiger charge is 2.75. The fourth-order valence-corrected chi connectivity index (χ4v) is 16.0. The lowest BCUT2D eigenvalue weighted by atomic mass is 9.32. The Balaban J connectivity index is 1.12. The van der Waals surface area contributed by atoms with E-state index < -0.39 is 187 Å². The molecular weight excluding hydrogens is 989 g/mol. The molecule has 7 fully saturated rings. The van der Waals surface area contributed by atoms with Gasteiger partial charge in [-0.2, -0.15) is 0 Å². The van der Waals surface area contributed by atoms with E-state index in [-0.39, 0.29) is 17.3 Å². The molecule has 22 heteroatoms. The normalized spacial score (nSPS) is 51.7.